The number of benzene rings is 2. The van der Waals surface area contributed by atoms with Crippen molar-refractivity contribution in [2.24, 2.45) is 23.5 Å². The Morgan fingerprint density at radius 2 is 1.63 bits per heavy atom. The van der Waals surface area contributed by atoms with Gasteiger partial charge in [0.2, 0.25) is 0 Å². The Kier molecular flexibility index (Phi) is 6.32. The number of likely N-dealkylation sites (tertiary alicyclic amines) is 2. The molecule has 2 amide bonds. The number of pyridine rings is 1. The van der Waals surface area contributed by atoms with Crippen molar-refractivity contribution in [3.05, 3.63) is 83.9 Å². The molecule has 2 unspecified atom stereocenters. The van der Waals surface area contributed by atoms with Crippen molar-refractivity contribution in [1.29, 1.82) is 0 Å². The molecule has 4 aliphatic rings. The molecule has 3 aromatic heterocycles. The second-order valence-corrected chi connectivity index (χ2v) is 13.8. The van der Waals surface area contributed by atoms with Gasteiger partial charge >= 0.3 is 0 Å². The molecule has 2 N–H and O–H groups in total. The number of nitrogens with two attached hydrogens (primary N) is 1. The molecule has 234 valence electrons. The third-order valence-corrected chi connectivity index (χ3v) is 10.7. The summed E-state index contributed by atoms with van der Waals surface area (Å²) in [6.45, 7) is 3.16. The number of fused-ring (bicyclic) bond motifs is 4. The summed E-state index contributed by atoms with van der Waals surface area (Å²) < 4.78 is 20.7. The van der Waals surface area contributed by atoms with Crippen LogP contribution in [0, 0.1) is 23.6 Å². The lowest BCUT2D eigenvalue weighted by Crippen LogP contribution is -2.51. The van der Waals surface area contributed by atoms with Gasteiger partial charge in [-0.05, 0) is 73.9 Å². The zero-order chi connectivity index (χ0) is 31.1. The Bertz CT molecular complexity index is 2010. The molecule has 9 nitrogen and oxygen atoms in total. The smallest absolute Gasteiger partial charge is 0.254 e. The number of halogens is 1. The number of nitrogens with zero attached hydrogens (tertiary/aromatic N) is 6. The summed E-state index contributed by atoms with van der Waals surface area (Å²) in [5, 5.41) is 1.12. The van der Waals surface area contributed by atoms with Gasteiger partial charge in [0.1, 0.15) is 11.3 Å². The average Bonchev–Trinajstić information content (AvgIpc) is 3.40. The van der Waals surface area contributed by atoms with E-state index in [1.807, 2.05) is 20.4 Å². The number of amides is 2. The second-order valence-electron chi connectivity index (χ2n) is 13.8. The molecule has 2 aromatic carbocycles. The minimum absolute atomic E-state index is 0.00999. The van der Waals surface area contributed by atoms with Crippen molar-refractivity contribution in [1.82, 2.24) is 28.9 Å². The first-order valence-electron chi connectivity index (χ1n) is 16.5. The van der Waals surface area contributed by atoms with Crippen molar-refractivity contribution in [2.75, 3.05) is 19.6 Å². The van der Waals surface area contributed by atoms with Crippen LogP contribution in [0.15, 0.2) is 67.0 Å². The SMILES string of the molecule is N[C@@H]1C2CCC1N(C(=O)c1cc(F)c3c(c1)nc(-c1cc4ccccc4n1CC1CC1)n3CC1CN(C(=O)c3ccncc3)C1)C2. The zero-order valence-corrected chi connectivity index (χ0v) is 25.6. The highest BCUT2D eigenvalue weighted by molar-refractivity contribution is 5.99. The molecule has 2 aliphatic carbocycles. The normalized spacial score (nSPS) is 22.7. The van der Waals surface area contributed by atoms with Gasteiger partial charge in [-0.1, -0.05) is 18.2 Å². The molecular formula is C36H36FN7O2. The van der Waals surface area contributed by atoms with Gasteiger partial charge in [0.05, 0.1) is 11.2 Å². The van der Waals surface area contributed by atoms with Crippen LogP contribution in [0.5, 0.6) is 0 Å². The van der Waals surface area contributed by atoms with Crippen molar-refractivity contribution in [3.8, 4) is 11.5 Å². The Morgan fingerprint density at radius 1 is 0.848 bits per heavy atom. The van der Waals surface area contributed by atoms with Crippen LogP contribution in [0.3, 0.4) is 0 Å². The maximum Gasteiger partial charge on any atom is 0.254 e. The Labute approximate surface area is 265 Å². The monoisotopic (exact) mass is 617 g/mol. The van der Waals surface area contributed by atoms with Gasteiger partial charge in [-0.3, -0.25) is 14.6 Å². The molecule has 2 aliphatic heterocycles. The molecule has 46 heavy (non-hydrogen) atoms. The summed E-state index contributed by atoms with van der Waals surface area (Å²) in [6, 6.07) is 17.1. The van der Waals surface area contributed by atoms with Gasteiger partial charge in [0.15, 0.2) is 5.82 Å². The van der Waals surface area contributed by atoms with Gasteiger partial charge in [-0.15, -0.1) is 0 Å². The summed E-state index contributed by atoms with van der Waals surface area (Å²) in [7, 11) is 0. The standard InChI is InChI=1S/C36H36FN7O2/c37-27-13-26(36(46)43-20-25-7-8-30(43)32(25)38)14-28-33(27)44(19-22-16-41(17-22)35(45)23-9-11-39-12-10-23)34(40-28)31-15-24-3-1-2-4-29(24)42(31)18-21-5-6-21/h1-4,9-15,21-22,25,30,32H,5-8,16-20,38H2/t25?,30?,32-/m1/s1. The molecule has 10 heteroatoms. The molecule has 5 heterocycles. The molecule has 0 radical (unpaired) electrons. The number of hydrogen-bond donors (Lipinski definition) is 1. The number of piperidine rings is 1. The van der Waals surface area contributed by atoms with Crippen molar-refractivity contribution < 1.29 is 14.0 Å². The average molecular weight is 618 g/mol. The van der Waals surface area contributed by atoms with Crippen molar-refractivity contribution in [3.63, 3.8) is 0 Å². The summed E-state index contributed by atoms with van der Waals surface area (Å²) in [6.07, 6.45) is 7.59. The summed E-state index contributed by atoms with van der Waals surface area (Å²) in [5.74, 6) is 1.10. The number of hydrogen-bond acceptors (Lipinski definition) is 5. The minimum Gasteiger partial charge on any atom is -0.338 e. The summed E-state index contributed by atoms with van der Waals surface area (Å²) in [5.41, 5.74) is 10.3. The molecule has 4 fully saturated rings. The van der Waals surface area contributed by atoms with E-state index in [1.54, 1.807) is 30.6 Å². The molecule has 0 spiro atoms. The van der Waals surface area contributed by atoms with E-state index in [-0.39, 0.29) is 29.8 Å². The number of rotatable bonds is 7. The van der Waals surface area contributed by atoms with Crippen molar-refractivity contribution >= 4 is 33.8 Å². The van der Waals surface area contributed by atoms with E-state index < -0.39 is 5.82 Å². The van der Waals surface area contributed by atoms with E-state index in [9.17, 15) is 9.59 Å². The predicted octanol–water partition coefficient (Wildman–Crippen LogP) is 4.94. The van der Waals surface area contributed by atoms with Crippen LogP contribution in [-0.2, 0) is 13.1 Å². The van der Waals surface area contributed by atoms with E-state index >= 15 is 4.39 Å². The number of imidazole rings is 1. The van der Waals surface area contributed by atoms with Crippen LogP contribution in [0.25, 0.3) is 33.5 Å². The van der Waals surface area contributed by atoms with Gasteiger partial charge in [0.25, 0.3) is 11.8 Å². The van der Waals surface area contributed by atoms with Crippen LogP contribution in [0.4, 0.5) is 4.39 Å². The molecule has 5 aromatic rings. The molecule has 9 rings (SSSR count). The van der Waals surface area contributed by atoms with Gasteiger partial charge in [-0.25, -0.2) is 9.37 Å². The molecule has 2 saturated heterocycles. The topological polar surface area (TPSA) is 102 Å². The first-order valence-corrected chi connectivity index (χ1v) is 16.5. The lowest BCUT2D eigenvalue weighted by atomic mass is 9.98. The quantitative estimate of drug-likeness (QED) is 0.279. The van der Waals surface area contributed by atoms with Crippen molar-refractivity contribution in [2.45, 2.75) is 50.9 Å². The van der Waals surface area contributed by atoms with E-state index in [1.165, 1.54) is 18.9 Å². The third kappa shape index (κ3) is 4.45. The third-order valence-electron chi connectivity index (χ3n) is 10.7. The highest BCUT2D eigenvalue weighted by atomic mass is 19.1. The number of aromatic nitrogens is 4. The largest absolute Gasteiger partial charge is 0.338 e. The second kappa shape index (κ2) is 10.5. The molecule has 2 bridgehead atoms. The minimum atomic E-state index is -0.456. The highest BCUT2D eigenvalue weighted by Crippen LogP contribution is 2.40. The molecule has 2 saturated carbocycles. The Morgan fingerprint density at radius 3 is 2.37 bits per heavy atom. The van der Waals surface area contributed by atoms with Crippen LogP contribution in [0.2, 0.25) is 0 Å². The van der Waals surface area contributed by atoms with E-state index in [0.29, 0.717) is 66.0 Å². The zero-order valence-electron chi connectivity index (χ0n) is 25.6. The fourth-order valence-electron chi connectivity index (χ4n) is 8.10. The first kappa shape index (κ1) is 27.7. The van der Waals surface area contributed by atoms with E-state index in [4.69, 9.17) is 10.7 Å². The number of para-hydroxylation sites is 1. The Hall–Kier alpha value is -4.57. The maximum atomic E-state index is 16.3. The summed E-state index contributed by atoms with van der Waals surface area (Å²) in [4.78, 5) is 39.5. The van der Waals surface area contributed by atoms with Crippen LogP contribution in [0.1, 0.15) is 46.4 Å². The van der Waals surface area contributed by atoms with Gasteiger partial charge in [-0.2, -0.15) is 0 Å². The summed E-state index contributed by atoms with van der Waals surface area (Å²) >= 11 is 0. The van der Waals surface area contributed by atoms with Crippen LogP contribution < -0.4 is 5.73 Å². The van der Waals surface area contributed by atoms with Gasteiger partial charge in [0, 0.05) is 85.1 Å². The van der Waals surface area contributed by atoms with Crippen LogP contribution in [-0.4, -0.2) is 72.4 Å². The highest BCUT2D eigenvalue weighted by Gasteiger charge is 2.47. The fraction of sp³-hybridized carbons (Fsp3) is 0.389. The lowest BCUT2D eigenvalue weighted by molar-refractivity contribution is 0.0471. The Balaban J connectivity index is 1.11. The predicted molar refractivity (Wildman–Crippen MR) is 173 cm³/mol. The fourth-order valence-corrected chi connectivity index (χ4v) is 8.10. The number of carbonyl (C=O) groups excluding carboxylic acids is 2. The lowest BCUT2D eigenvalue weighted by Gasteiger charge is -2.39. The van der Waals surface area contributed by atoms with E-state index in [2.05, 4.69) is 33.8 Å². The first-order chi connectivity index (χ1) is 22.4. The van der Waals surface area contributed by atoms with Gasteiger partial charge < -0.3 is 24.7 Å². The van der Waals surface area contributed by atoms with Crippen LogP contribution >= 0.6 is 0 Å². The van der Waals surface area contributed by atoms with E-state index in [0.717, 1.165) is 36.0 Å². The maximum absolute atomic E-state index is 16.3. The molecular weight excluding hydrogens is 581 g/mol. The number of carbonyl (C=O) groups is 2. The molecule has 3 atom stereocenters.